The number of rotatable bonds is 7. The fraction of sp³-hybridized carbons (Fsp3) is 0.739. The van der Waals surface area contributed by atoms with E-state index < -0.39 is 23.7 Å². The molecule has 3 atom stereocenters. The van der Waals surface area contributed by atoms with Gasteiger partial charge in [-0.05, 0) is 89.2 Å². The van der Waals surface area contributed by atoms with E-state index >= 15 is 0 Å². The number of carboxylic acids is 1. The van der Waals surface area contributed by atoms with Crippen LogP contribution in [-0.2, 0) is 14.3 Å². The summed E-state index contributed by atoms with van der Waals surface area (Å²) in [6.07, 6.45) is 9.34. The van der Waals surface area contributed by atoms with Crippen LogP contribution in [0, 0.1) is 5.92 Å². The van der Waals surface area contributed by atoms with E-state index in [0.29, 0.717) is 12.5 Å². The van der Waals surface area contributed by atoms with Gasteiger partial charge in [0.2, 0.25) is 0 Å². The highest BCUT2D eigenvalue weighted by Crippen LogP contribution is 2.38. The summed E-state index contributed by atoms with van der Waals surface area (Å²) in [6, 6.07) is -0.924. The van der Waals surface area contributed by atoms with Gasteiger partial charge in [0.1, 0.15) is 11.6 Å². The number of nitrogens with one attached hydrogen (secondary N) is 1. The van der Waals surface area contributed by atoms with E-state index in [1.807, 2.05) is 0 Å². The van der Waals surface area contributed by atoms with Gasteiger partial charge in [-0.25, -0.2) is 9.59 Å². The first-order valence-corrected chi connectivity index (χ1v) is 10.8. The Morgan fingerprint density at radius 1 is 1.28 bits per heavy atom. The summed E-state index contributed by atoms with van der Waals surface area (Å²) in [6.45, 7) is 7.48. The first kappa shape index (κ1) is 23.5. The lowest BCUT2D eigenvalue weighted by Gasteiger charge is -2.31. The number of hydrogen-bond acceptors (Lipinski definition) is 4. The van der Waals surface area contributed by atoms with Crippen molar-refractivity contribution in [3.8, 4) is 0 Å². The second-order valence-corrected chi connectivity index (χ2v) is 9.18. The van der Waals surface area contributed by atoms with Crippen LogP contribution < -0.4 is 5.32 Å². The van der Waals surface area contributed by atoms with E-state index in [4.69, 9.17) is 9.47 Å². The number of aliphatic carboxylic acids is 1. The summed E-state index contributed by atoms with van der Waals surface area (Å²) in [5.74, 6) is -0.768. The zero-order valence-electron chi connectivity index (χ0n) is 18.5. The van der Waals surface area contributed by atoms with E-state index in [9.17, 15) is 14.7 Å². The van der Waals surface area contributed by atoms with Crippen LogP contribution in [0.4, 0.5) is 4.79 Å². The van der Waals surface area contributed by atoms with Crippen molar-refractivity contribution >= 4 is 12.1 Å². The summed E-state index contributed by atoms with van der Waals surface area (Å²) >= 11 is 0. The first-order chi connectivity index (χ1) is 13.6. The fourth-order valence-corrected chi connectivity index (χ4v) is 4.31. The number of carbonyl (C=O) groups excluding carboxylic acids is 1. The molecule has 2 N–H and O–H groups in total. The maximum atomic E-state index is 12.0. The smallest absolute Gasteiger partial charge is 0.408 e. The predicted molar refractivity (Wildman–Crippen MR) is 113 cm³/mol. The van der Waals surface area contributed by atoms with E-state index in [1.165, 1.54) is 16.7 Å². The van der Waals surface area contributed by atoms with Gasteiger partial charge in [0.15, 0.2) is 0 Å². The molecule has 0 radical (unpaired) electrons. The number of methoxy groups -OCH3 is 1. The molecule has 0 spiro atoms. The van der Waals surface area contributed by atoms with Crippen molar-refractivity contribution in [3.05, 3.63) is 22.8 Å². The van der Waals surface area contributed by atoms with E-state index in [1.54, 1.807) is 27.9 Å². The van der Waals surface area contributed by atoms with Crippen LogP contribution in [0.15, 0.2) is 22.8 Å². The van der Waals surface area contributed by atoms with Gasteiger partial charge in [-0.1, -0.05) is 18.6 Å². The highest BCUT2D eigenvalue weighted by molar-refractivity contribution is 5.80. The van der Waals surface area contributed by atoms with E-state index in [-0.39, 0.29) is 5.92 Å². The van der Waals surface area contributed by atoms with Gasteiger partial charge in [-0.2, -0.15) is 0 Å². The number of alkyl carbamates (subject to hydrolysis) is 1. The summed E-state index contributed by atoms with van der Waals surface area (Å²) in [5, 5.41) is 12.0. The van der Waals surface area contributed by atoms with E-state index in [2.05, 4.69) is 18.3 Å². The molecular weight excluding hydrogens is 370 g/mol. The van der Waals surface area contributed by atoms with Crippen LogP contribution in [0.1, 0.15) is 79.1 Å². The predicted octanol–water partition coefficient (Wildman–Crippen LogP) is 4.99. The monoisotopic (exact) mass is 407 g/mol. The van der Waals surface area contributed by atoms with Crippen LogP contribution in [0.2, 0.25) is 0 Å². The molecule has 2 unspecified atom stereocenters. The maximum Gasteiger partial charge on any atom is 0.408 e. The molecule has 0 aliphatic heterocycles. The van der Waals surface area contributed by atoms with Crippen LogP contribution in [0.3, 0.4) is 0 Å². The molecule has 0 fully saturated rings. The SMILES string of the molecule is CCC1=C(C2=CCC(C[C@H](NC(=O)OC(C)(C)C)C(=O)O)CC2)CCC(OC)C1. The second kappa shape index (κ2) is 10.3. The lowest BCUT2D eigenvalue weighted by molar-refractivity contribution is -0.140. The van der Waals surface area contributed by atoms with Gasteiger partial charge in [-0.15, -0.1) is 0 Å². The van der Waals surface area contributed by atoms with Gasteiger partial charge in [0.25, 0.3) is 0 Å². The van der Waals surface area contributed by atoms with Crippen molar-refractivity contribution in [1.82, 2.24) is 5.32 Å². The van der Waals surface area contributed by atoms with Crippen molar-refractivity contribution in [2.24, 2.45) is 5.92 Å². The van der Waals surface area contributed by atoms with Crippen LogP contribution in [-0.4, -0.2) is 42.0 Å². The minimum atomic E-state index is -1.01. The molecule has 164 valence electrons. The number of carbonyl (C=O) groups is 2. The van der Waals surface area contributed by atoms with E-state index in [0.717, 1.165) is 44.9 Å². The number of amides is 1. The molecule has 0 bridgehead atoms. The number of carboxylic acid groups (broad SMARTS) is 1. The van der Waals surface area contributed by atoms with Gasteiger partial charge in [0.05, 0.1) is 6.10 Å². The summed E-state index contributed by atoms with van der Waals surface area (Å²) in [4.78, 5) is 23.6. The quantitative estimate of drug-likeness (QED) is 0.621. The third-order valence-corrected chi connectivity index (χ3v) is 5.84. The third kappa shape index (κ3) is 7.18. The summed E-state index contributed by atoms with van der Waals surface area (Å²) in [7, 11) is 1.79. The molecule has 6 nitrogen and oxygen atoms in total. The molecule has 0 aromatic rings. The lowest BCUT2D eigenvalue weighted by Crippen LogP contribution is -2.44. The van der Waals surface area contributed by atoms with Crippen molar-refractivity contribution < 1.29 is 24.2 Å². The second-order valence-electron chi connectivity index (χ2n) is 9.18. The normalized spacial score (nSPS) is 24.0. The van der Waals surface area contributed by atoms with Crippen LogP contribution >= 0.6 is 0 Å². The Hall–Kier alpha value is -1.82. The molecule has 2 aliphatic carbocycles. The Bertz CT molecular complexity index is 659. The molecule has 29 heavy (non-hydrogen) atoms. The van der Waals surface area contributed by atoms with Crippen LogP contribution in [0.25, 0.3) is 0 Å². The van der Waals surface area contributed by atoms with Crippen molar-refractivity contribution in [3.63, 3.8) is 0 Å². The largest absolute Gasteiger partial charge is 0.480 e. The third-order valence-electron chi connectivity index (χ3n) is 5.84. The zero-order valence-corrected chi connectivity index (χ0v) is 18.5. The molecule has 0 aromatic heterocycles. The maximum absolute atomic E-state index is 12.0. The topological polar surface area (TPSA) is 84.9 Å². The molecule has 0 heterocycles. The Morgan fingerprint density at radius 2 is 2.00 bits per heavy atom. The molecule has 2 aliphatic rings. The molecular formula is C23H37NO5. The van der Waals surface area contributed by atoms with Crippen molar-refractivity contribution in [2.45, 2.75) is 96.8 Å². The molecule has 0 saturated heterocycles. The Labute approximate surface area is 174 Å². The molecule has 2 rings (SSSR count). The minimum absolute atomic E-state index is 0.246. The molecule has 0 saturated carbocycles. The summed E-state index contributed by atoms with van der Waals surface area (Å²) in [5.41, 5.74) is 3.78. The molecule has 6 heteroatoms. The number of hydrogen-bond donors (Lipinski definition) is 2. The lowest BCUT2D eigenvalue weighted by atomic mass is 9.78. The highest BCUT2D eigenvalue weighted by atomic mass is 16.6. The Kier molecular flexibility index (Phi) is 8.32. The number of ether oxygens (including phenoxy) is 2. The van der Waals surface area contributed by atoms with Gasteiger partial charge in [-0.3, -0.25) is 0 Å². The minimum Gasteiger partial charge on any atom is -0.480 e. The Balaban J connectivity index is 1.97. The first-order valence-electron chi connectivity index (χ1n) is 10.8. The highest BCUT2D eigenvalue weighted by Gasteiger charge is 2.29. The van der Waals surface area contributed by atoms with Crippen molar-refractivity contribution in [1.29, 1.82) is 0 Å². The summed E-state index contributed by atoms with van der Waals surface area (Å²) < 4.78 is 10.8. The van der Waals surface area contributed by atoms with Gasteiger partial charge < -0.3 is 19.9 Å². The number of allylic oxidation sites excluding steroid dienone is 3. The fourth-order valence-electron chi connectivity index (χ4n) is 4.31. The Morgan fingerprint density at radius 3 is 2.52 bits per heavy atom. The average Bonchev–Trinajstić information content (AvgIpc) is 2.66. The van der Waals surface area contributed by atoms with Crippen molar-refractivity contribution in [2.75, 3.05) is 7.11 Å². The molecule has 0 aromatic carbocycles. The standard InChI is InChI=1S/C23H37NO5/c1-6-16-14-18(28-5)11-12-19(16)17-9-7-15(8-10-17)13-20(21(25)26)24-22(27)29-23(2,3)4/h9,15,18,20H,6-8,10-14H2,1-5H3,(H,24,27)(H,25,26)/t15?,18?,20-/m0/s1. The van der Waals surface area contributed by atoms with Gasteiger partial charge in [0, 0.05) is 7.11 Å². The molecule has 1 amide bonds. The zero-order chi connectivity index (χ0) is 21.6. The van der Waals surface area contributed by atoms with Gasteiger partial charge >= 0.3 is 12.1 Å². The average molecular weight is 408 g/mol. The van der Waals surface area contributed by atoms with Crippen LogP contribution in [0.5, 0.6) is 0 Å².